The second-order valence-corrected chi connectivity index (χ2v) is 7.29. The Kier molecular flexibility index (Phi) is 5.60. The molecule has 24 heavy (non-hydrogen) atoms. The molecule has 3 rings (SSSR count). The zero-order valence-electron chi connectivity index (χ0n) is 14.2. The van der Waals surface area contributed by atoms with Gasteiger partial charge in [0.2, 0.25) is 5.91 Å². The van der Waals surface area contributed by atoms with E-state index in [2.05, 4.69) is 32.8 Å². The average Bonchev–Trinajstić information content (AvgIpc) is 2.99. The van der Waals surface area contributed by atoms with E-state index >= 15 is 0 Å². The van der Waals surface area contributed by atoms with Gasteiger partial charge in [0.1, 0.15) is 5.01 Å². The molecule has 128 valence electrons. The van der Waals surface area contributed by atoms with E-state index in [4.69, 9.17) is 0 Å². The van der Waals surface area contributed by atoms with Crippen molar-refractivity contribution >= 4 is 22.9 Å². The maximum absolute atomic E-state index is 12.2. The molecule has 0 unspecified atom stereocenters. The molecule has 2 N–H and O–H groups in total. The van der Waals surface area contributed by atoms with E-state index < -0.39 is 0 Å². The zero-order valence-corrected chi connectivity index (χ0v) is 15.0. The van der Waals surface area contributed by atoms with Crippen molar-refractivity contribution < 1.29 is 4.79 Å². The number of carbonyl (C=O) groups is 1. The number of anilines is 1. The number of aromatic nitrogens is 1. The highest BCUT2D eigenvalue weighted by molar-refractivity contribution is 7.09. The minimum atomic E-state index is -0.0182. The van der Waals surface area contributed by atoms with Gasteiger partial charge in [-0.2, -0.15) is 0 Å². The molecule has 1 aliphatic rings. The van der Waals surface area contributed by atoms with Crippen LogP contribution in [0.1, 0.15) is 23.2 Å². The molecule has 1 aliphatic heterocycles. The molecular formula is C18H24N4OS. The number of carbonyl (C=O) groups excluding carboxylic acids is 1. The smallest absolute Gasteiger partial charge is 0.231 e. The predicted octanol–water partition coefficient (Wildman–Crippen LogP) is 2.43. The number of rotatable bonds is 5. The Balaban J connectivity index is 1.53. The van der Waals surface area contributed by atoms with Crippen LogP contribution < -0.4 is 10.6 Å². The van der Waals surface area contributed by atoms with E-state index in [1.165, 1.54) is 5.56 Å². The van der Waals surface area contributed by atoms with Gasteiger partial charge in [-0.05, 0) is 26.0 Å². The fourth-order valence-corrected chi connectivity index (χ4v) is 3.59. The van der Waals surface area contributed by atoms with Crippen molar-refractivity contribution in [2.45, 2.75) is 32.9 Å². The number of nitrogens with zero attached hydrogens (tertiary/aromatic N) is 2. The van der Waals surface area contributed by atoms with E-state index in [0.717, 1.165) is 42.6 Å². The van der Waals surface area contributed by atoms with Crippen LogP contribution in [0.15, 0.2) is 29.6 Å². The van der Waals surface area contributed by atoms with E-state index in [9.17, 15) is 4.79 Å². The number of nitrogens with one attached hydrogen (secondary N) is 2. The standard InChI is InChI=1S/C18H24N4OS/c1-13-3-5-15(6-4-13)20-17(23)9-18-21-16(12-24-18)11-22-8-7-19-10-14(22)2/h3-6,12,14,19H,7-11H2,1-2H3,(H,20,23)/t14-/m0/s1. The second kappa shape index (κ2) is 7.88. The monoisotopic (exact) mass is 344 g/mol. The van der Waals surface area contributed by atoms with Crippen LogP contribution >= 0.6 is 11.3 Å². The van der Waals surface area contributed by atoms with Crippen LogP contribution in [0.2, 0.25) is 0 Å². The molecule has 0 bridgehead atoms. The van der Waals surface area contributed by atoms with Crippen molar-refractivity contribution in [1.82, 2.24) is 15.2 Å². The van der Waals surface area contributed by atoms with E-state index in [0.29, 0.717) is 12.5 Å². The fourth-order valence-electron chi connectivity index (χ4n) is 2.81. The molecule has 1 fully saturated rings. The molecule has 2 heterocycles. The molecule has 1 saturated heterocycles. The highest BCUT2D eigenvalue weighted by Crippen LogP contribution is 2.16. The van der Waals surface area contributed by atoms with E-state index in [1.54, 1.807) is 11.3 Å². The van der Waals surface area contributed by atoms with Crippen molar-refractivity contribution in [3.8, 4) is 0 Å². The van der Waals surface area contributed by atoms with Gasteiger partial charge in [-0.25, -0.2) is 4.98 Å². The Morgan fingerprint density at radius 1 is 1.42 bits per heavy atom. The summed E-state index contributed by atoms with van der Waals surface area (Å²) in [5.41, 5.74) is 3.07. The Labute approximate surface area is 147 Å². The summed E-state index contributed by atoms with van der Waals surface area (Å²) in [5, 5.41) is 9.27. The van der Waals surface area contributed by atoms with Gasteiger partial charge in [-0.15, -0.1) is 11.3 Å². The third-order valence-corrected chi connectivity index (χ3v) is 5.15. The predicted molar refractivity (Wildman–Crippen MR) is 98.4 cm³/mol. The summed E-state index contributed by atoms with van der Waals surface area (Å²) in [6, 6.07) is 8.35. The summed E-state index contributed by atoms with van der Waals surface area (Å²) in [5.74, 6) is -0.0182. The number of aryl methyl sites for hydroxylation is 1. The molecule has 1 aromatic carbocycles. The molecule has 0 spiro atoms. The van der Waals surface area contributed by atoms with Crippen molar-refractivity contribution in [2.24, 2.45) is 0 Å². The van der Waals surface area contributed by atoms with Gasteiger partial charge in [0.25, 0.3) is 0 Å². The lowest BCUT2D eigenvalue weighted by atomic mass is 10.2. The maximum atomic E-state index is 12.2. The van der Waals surface area contributed by atoms with Crippen LogP contribution in [0.5, 0.6) is 0 Å². The number of hydrogen-bond acceptors (Lipinski definition) is 5. The minimum absolute atomic E-state index is 0.0182. The number of amides is 1. The first kappa shape index (κ1) is 17.1. The molecule has 0 radical (unpaired) electrons. The van der Waals surface area contributed by atoms with Crippen LogP contribution in [0.25, 0.3) is 0 Å². The van der Waals surface area contributed by atoms with Crippen LogP contribution in [0.3, 0.4) is 0 Å². The Bertz CT molecular complexity index is 683. The molecule has 5 nitrogen and oxygen atoms in total. The van der Waals surface area contributed by atoms with Crippen LogP contribution in [0, 0.1) is 6.92 Å². The normalized spacial score (nSPS) is 18.5. The molecule has 1 aromatic heterocycles. The van der Waals surface area contributed by atoms with Crippen molar-refractivity contribution in [1.29, 1.82) is 0 Å². The summed E-state index contributed by atoms with van der Waals surface area (Å²) in [7, 11) is 0. The number of hydrogen-bond donors (Lipinski definition) is 2. The van der Waals surface area contributed by atoms with Crippen LogP contribution in [0.4, 0.5) is 5.69 Å². The lowest BCUT2D eigenvalue weighted by Gasteiger charge is -2.33. The molecular weight excluding hydrogens is 320 g/mol. The third kappa shape index (κ3) is 4.63. The topological polar surface area (TPSA) is 57.3 Å². The zero-order chi connectivity index (χ0) is 16.9. The molecule has 1 amide bonds. The Hall–Kier alpha value is -1.76. The van der Waals surface area contributed by atoms with Gasteiger partial charge in [0.05, 0.1) is 12.1 Å². The summed E-state index contributed by atoms with van der Waals surface area (Å²) in [6.07, 6.45) is 0.329. The summed E-state index contributed by atoms with van der Waals surface area (Å²) < 4.78 is 0. The highest BCUT2D eigenvalue weighted by atomic mass is 32.1. The summed E-state index contributed by atoms with van der Waals surface area (Å²) in [6.45, 7) is 8.22. The van der Waals surface area contributed by atoms with Crippen molar-refractivity contribution in [2.75, 3.05) is 25.0 Å². The minimum Gasteiger partial charge on any atom is -0.326 e. The molecule has 1 atom stereocenters. The second-order valence-electron chi connectivity index (χ2n) is 6.35. The van der Waals surface area contributed by atoms with Gasteiger partial charge >= 0.3 is 0 Å². The fraction of sp³-hybridized carbons (Fsp3) is 0.444. The average molecular weight is 344 g/mol. The van der Waals surface area contributed by atoms with E-state index in [-0.39, 0.29) is 5.91 Å². The molecule has 0 saturated carbocycles. The first-order valence-electron chi connectivity index (χ1n) is 8.35. The van der Waals surface area contributed by atoms with Gasteiger partial charge in [-0.3, -0.25) is 9.69 Å². The first-order chi connectivity index (χ1) is 11.6. The Morgan fingerprint density at radius 2 is 2.21 bits per heavy atom. The Morgan fingerprint density at radius 3 is 2.96 bits per heavy atom. The SMILES string of the molecule is Cc1ccc(NC(=O)Cc2nc(CN3CCNC[C@@H]3C)cs2)cc1. The van der Waals surface area contributed by atoms with Gasteiger partial charge in [-0.1, -0.05) is 17.7 Å². The quantitative estimate of drug-likeness (QED) is 0.875. The van der Waals surface area contributed by atoms with Gasteiger partial charge < -0.3 is 10.6 Å². The maximum Gasteiger partial charge on any atom is 0.231 e. The third-order valence-electron chi connectivity index (χ3n) is 4.25. The summed E-state index contributed by atoms with van der Waals surface area (Å²) >= 11 is 1.57. The summed E-state index contributed by atoms with van der Waals surface area (Å²) in [4.78, 5) is 19.2. The van der Waals surface area contributed by atoms with Crippen LogP contribution in [-0.4, -0.2) is 41.5 Å². The van der Waals surface area contributed by atoms with E-state index in [1.807, 2.05) is 31.2 Å². The molecule has 0 aliphatic carbocycles. The highest BCUT2D eigenvalue weighted by Gasteiger charge is 2.19. The first-order valence-corrected chi connectivity index (χ1v) is 9.22. The molecule has 6 heteroatoms. The largest absolute Gasteiger partial charge is 0.326 e. The number of thiazole rings is 1. The number of piperazine rings is 1. The lowest BCUT2D eigenvalue weighted by Crippen LogP contribution is -2.49. The van der Waals surface area contributed by atoms with Crippen molar-refractivity contribution in [3.05, 3.63) is 45.9 Å². The van der Waals surface area contributed by atoms with Crippen LogP contribution in [-0.2, 0) is 17.8 Å². The van der Waals surface area contributed by atoms with Gasteiger partial charge in [0, 0.05) is 43.3 Å². The van der Waals surface area contributed by atoms with Gasteiger partial charge in [0.15, 0.2) is 0 Å². The van der Waals surface area contributed by atoms with Crippen molar-refractivity contribution in [3.63, 3.8) is 0 Å². The molecule has 2 aromatic rings. The lowest BCUT2D eigenvalue weighted by molar-refractivity contribution is -0.115. The number of benzene rings is 1.